The van der Waals surface area contributed by atoms with Gasteiger partial charge in [0.25, 0.3) is 0 Å². The second kappa shape index (κ2) is 8.19. The zero-order valence-electron chi connectivity index (χ0n) is 14.9. The summed E-state index contributed by atoms with van der Waals surface area (Å²) >= 11 is 0. The van der Waals surface area contributed by atoms with Crippen LogP contribution in [-0.2, 0) is 0 Å². The van der Waals surface area contributed by atoms with Gasteiger partial charge in [-0.2, -0.15) is 0 Å². The van der Waals surface area contributed by atoms with E-state index in [0.717, 1.165) is 34.3 Å². The summed E-state index contributed by atoms with van der Waals surface area (Å²) in [5, 5.41) is 20.7. The number of amides is 1. The lowest BCUT2D eigenvalue weighted by Gasteiger charge is -2.16. The Balaban J connectivity index is 2.17. The van der Waals surface area contributed by atoms with E-state index in [1.807, 2.05) is 36.4 Å². The maximum Gasteiger partial charge on any atom is 0.410 e. The Morgan fingerprint density at radius 3 is 2.15 bits per heavy atom. The molecule has 0 unspecified atom stereocenters. The third-order valence-electron chi connectivity index (χ3n) is 4.22. The molecule has 1 amide bonds. The van der Waals surface area contributed by atoms with Gasteiger partial charge < -0.3 is 10.2 Å². The number of pyridine rings is 1. The van der Waals surface area contributed by atoms with Crippen LogP contribution in [0.15, 0.2) is 72.9 Å². The van der Waals surface area contributed by atoms with Gasteiger partial charge in [-0.15, -0.1) is 0 Å². The highest BCUT2D eigenvalue weighted by Crippen LogP contribution is 2.34. The summed E-state index contributed by atoms with van der Waals surface area (Å²) in [7, 11) is 0. The highest BCUT2D eigenvalue weighted by molar-refractivity contribution is 5.98. The molecule has 0 saturated carbocycles. The third kappa shape index (κ3) is 4.33. The molecule has 0 aliphatic carbocycles. The van der Waals surface area contributed by atoms with Crippen molar-refractivity contribution in [3.05, 3.63) is 89.6 Å². The fraction of sp³-hybridized carbons (Fsp3) is 0.0909. The highest BCUT2D eigenvalue weighted by atomic mass is 16.4. The largest absolute Gasteiger partial charge is 0.508 e. The fourth-order valence-corrected chi connectivity index (χ4v) is 3.03. The SMILES string of the molecule is CC/C(=C(/c1ccc(O)cc1)c1ccc(NC(=O)O)nc1)c1ccccc1. The molecule has 0 spiro atoms. The second-order valence-electron chi connectivity index (χ2n) is 5.98. The van der Waals surface area contributed by atoms with Crippen LogP contribution in [0.2, 0.25) is 0 Å². The molecule has 0 fully saturated rings. The number of aromatic nitrogens is 1. The first-order valence-electron chi connectivity index (χ1n) is 8.63. The lowest BCUT2D eigenvalue weighted by molar-refractivity contribution is 0.209. The van der Waals surface area contributed by atoms with Crippen molar-refractivity contribution in [2.45, 2.75) is 13.3 Å². The maximum atomic E-state index is 10.8. The summed E-state index contributed by atoms with van der Waals surface area (Å²) in [6.07, 6.45) is 1.31. The van der Waals surface area contributed by atoms with Crippen LogP contribution in [0.25, 0.3) is 11.1 Å². The van der Waals surface area contributed by atoms with E-state index in [1.54, 1.807) is 24.4 Å². The van der Waals surface area contributed by atoms with E-state index < -0.39 is 6.09 Å². The summed E-state index contributed by atoms with van der Waals surface area (Å²) < 4.78 is 0. The number of benzene rings is 2. The lowest BCUT2D eigenvalue weighted by atomic mass is 9.89. The third-order valence-corrected chi connectivity index (χ3v) is 4.22. The number of phenols is 1. The Hall–Kier alpha value is -3.60. The molecule has 136 valence electrons. The van der Waals surface area contributed by atoms with Gasteiger partial charge in [-0.3, -0.25) is 5.32 Å². The number of hydrogen-bond donors (Lipinski definition) is 3. The van der Waals surface area contributed by atoms with Crippen molar-refractivity contribution in [1.29, 1.82) is 0 Å². The highest BCUT2D eigenvalue weighted by Gasteiger charge is 2.14. The number of hydrogen-bond acceptors (Lipinski definition) is 3. The van der Waals surface area contributed by atoms with Gasteiger partial charge in [0.2, 0.25) is 0 Å². The van der Waals surface area contributed by atoms with Crippen molar-refractivity contribution < 1.29 is 15.0 Å². The van der Waals surface area contributed by atoms with Crippen LogP contribution in [0.4, 0.5) is 10.6 Å². The van der Waals surface area contributed by atoms with E-state index in [9.17, 15) is 9.90 Å². The molecule has 0 bridgehead atoms. The second-order valence-corrected chi connectivity index (χ2v) is 5.98. The normalized spacial score (nSPS) is 11.6. The van der Waals surface area contributed by atoms with Crippen molar-refractivity contribution >= 4 is 23.1 Å². The first-order valence-corrected chi connectivity index (χ1v) is 8.63. The van der Waals surface area contributed by atoms with Gasteiger partial charge in [0.1, 0.15) is 11.6 Å². The number of carbonyl (C=O) groups is 1. The van der Waals surface area contributed by atoms with Gasteiger partial charge in [-0.1, -0.05) is 49.4 Å². The molecule has 0 atom stereocenters. The van der Waals surface area contributed by atoms with Crippen molar-refractivity contribution in [3.63, 3.8) is 0 Å². The van der Waals surface area contributed by atoms with E-state index in [0.29, 0.717) is 0 Å². The van der Waals surface area contributed by atoms with Crippen LogP contribution >= 0.6 is 0 Å². The molecule has 3 N–H and O–H groups in total. The fourth-order valence-electron chi connectivity index (χ4n) is 3.03. The average Bonchev–Trinajstić information content (AvgIpc) is 2.68. The summed E-state index contributed by atoms with van der Waals surface area (Å²) in [4.78, 5) is 15.0. The minimum absolute atomic E-state index is 0.204. The van der Waals surface area contributed by atoms with E-state index >= 15 is 0 Å². The Morgan fingerprint density at radius 2 is 1.59 bits per heavy atom. The molecule has 0 radical (unpaired) electrons. The zero-order valence-corrected chi connectivity index (χ0v) is 14.9. The van der Waals surface area contributed by atoms with Gasteiger partial charge in [0, 0.05) is 11.8 Å². The first-order chi connectivity index (χ1) is 13.1. The Morgan fingerprint density at radius 1 is 0.926 bits per heavy atom. The van der Waals surface area contributed by atoms with Crippen LogP contribution in [0.1, 0.15) is 30.0 Å². The van der Waals surface area contributed by atoms with Gasteiger partial charge in [0.05, 0.1) is 0 Å². The molecule has 0 aliphatic rings. The van der Waals surface area contributed by atoms with Gasteiger partial charge in [-0.25, -0.2) is 9.78 Å². The van der Waals surface area contributed by atoms with Crippen molar-refractivity contribution in [1.82, 2.24) is 4.98 Å². The molecule has 0 saturated heterocycles. The van der Waals surface area contributed by atoms with Crippen LogP contribution < -0.4 is 5.32 Å². The number of nitrogens with zero attached hydrogens (tertiary/aromatic N) is 1. The van der Waals surface area contributed by atoms with E-state index in [4.69, 9.17) is 5.11 Å². The van der Waals surface area contributed by atoms with Crippen LogP contribution in [-0.4, -0.2) is 21.3 Å². The van der Waals surface area contributed by atoms with Crippen LogP contribution in [0.5, 0.6) is 5.75 Å². The first kappa shape index (κ1) is 18.2. The molecule has 3 rings (SSSR count). The van der Waals surface area contributed by atoms with E-state index in [1.165, 1.54) is 0 Å². The molecule has 0 aliphatic heterocycles. The molecule has 5 heteroatoms. The summed E-state index contributed by atoms with van der Waals surface area (Å²) in [6, 6.07) is 20.6. The standard InChI is InChI=1S/C22H20N2O3/c1-2-19(15-6-4-3-5-7-15)21(16-8-11-18(25)12-9-16)17-10-13-20(23-14-17)24-22(26)27/h3-14,25H,2H2,1H3,(H,23,24)(H,26,27)/b21-19+. The minimum atomic E-state index is -1.15. The number of aromatic hydroxyl groups is 1. The molecular formula is C22H20N2O3. The Labute approximate surface area is 157 Å². The summed E-state index contributed by atoms with van der Waals surface area (Å²) in [6.45, 7) is 2.09. The van der Waals surface area contributed by atoms with E-state index in [-0.39, 0.29) is 11.6 Å². The summed E-state index contributed by atoms with van der Waals surface area (Å²) in [5.41, 5.74) is 5.07. The number of rotatable bonds is 5. The van der Waals surface area contributed by atoms with Crippen molar-refractivity contribution in [3.8, 4) is 5.75 Å². The Bertz CT molecular complexity index is 947. The minimum Gasteiger partial charge on any atom is -0.508 e. The van der Waals surface area contributed by atoms with E-state index in [2.05, 4.69) is 29.4 Å². The van der Waals surface area contributed by atoms with Gasteiger partial charge in [0.15, 0.2) is 0 Å². The smallest absolute Gasteiger partial charge is 0.410 e. The number of phenolic OH excluding ortho intramolecular Hbond substituents is 1. The molecule has 5 nitrogen and oxygen atoms in total. The predicted molar refractivity (Wildman–Crippen MR) is 107 cm³/mol. The molecule has 3 aromatic rings. The topological polar surface area (TPSA) is 82.5 Å². The quantitative estimate of drug-likeness (QED) is 0.543. The summed E-state index contributed by atoms with van der Waals surface area (Å²) in [5.74, 6) is 0.476. The number of anilines is 1. The Kier molecular flexibility index (Phi) is 5.52. The predicted octanol–water partition coefficient (Wildman–Crippen LogP) is 5.25. The lowest BCUT2D eigenvalue weighted by Crippen LogP contribution is -2.08. The molecule has 27 heavy (non-hydrogen) atoms. The number of nitrogens with one attached hydrogen (secondary N) is 1. The zero-order chi connectivity index (χ0) is 19.2. The van der Waals surface area contributed by atoms with Gasteiger partial charge in [-0.05, 0) is 53.0 Å². The van der Waals surface area contributed by atoms with Gasteiger partial charge >= 0.3 is 6.09 Å². The number of allylic oxidation sites excluding steroid dienone is 1. The van der Waals surface area contributed by atoms with Crippen molar-refractivity contribution in [2.75, 3.05) is 5.32 Å². The van der Waals surface area contributed by atoms with Crippen LogP contribution in [0.3, 0.4) is 0 Å². The molecular weight excluding hydrogens is 340 g/mol. The molecule has 2 aromatic carbocycles. The van der Waals surface area contributed by atoms with Crippen LogP contribution in [0, 0.1) is 0 Å². The molecule has 1 aromatic heterocycles. The maximum absolute atomic E-state index is 10.8. The van der Waals surface area contributed by atoms with Crippen molar-refractivity contribution in [2.24, 2.45) is 0 Å². The average molecular weight is 360 g/mol. The monoisotopic (exact) mass is 360 g/mol. The number of carboxylic acid groups (broad SMARTS) is 1. The molecule has 1 heterocycles.